The molecule has 0 spiro atoms. The van der Waals surface area contributed by atoms with E-state index in [0.29, 0.717) is 23.6 Å². The van der Waals surface area contributed by atoms with Crippen LogP contribution in [0.5, 0.6) is 5.75 Å². The van der Waals surface area contributed by atoms with Crippen LogP contribution in [0.1, 0.15) is 27.8 Å². The van der Waals surface area contributed by atoms with Crippen LogP contribution in [0.2, 0.25) is 0 Å². The SMILES string of the molecule is Cc1ccc(COc2ccccc2/C=C2\C(=O)NC(=O)N(c3cc(C)cc(C)c3)C2=O)cc1. The predicted molar refractivity (Wildman–Crippen MR) is 127 cm³/mol. The minimum Gasteiger partial charge on any atom is -0.488 e. The molecule has 0 aliphatic carbocycles. The molecule has 0 saturated carbocycles. The van der Waals surface area contributed by atoms with Gasteiger partial charge in [0.1, 0.15) is 17.9 Å². The molecule has 1 aliphatic heterocycles. The number of para-hydroxylation sites is 1. The summed E-state index contributed by atoms with van der Waals surface area (Å²) in [5.74, 6) is -0.887. The fraction of sp³-hybridized carbons (Fsp3) is 0.148. The zero-order valence-corrected chi connectivity index (χ0v) is 18.7. The molecule has 166 valence electrons. The van der Waals surface area contributed by atoms with Crippen molar-refractivity contribution in [3.05, 3.63) is 100 Å². The molecule has 0 aromatic heterocycles. The maximum atomic E-state index is 13.2. The van der Waals surface area contributed by atoms with E-state index in [1.54, 1.807) is 30.3 Å². The van der Waals surface area contributed by atoms with Gasteiger partial charge in [-0.2, -0.15) is 0 Å². The second kappa shape index (κ2) is 9.12. The van der Waals surface area contributed by atoms with Gasteiger partial charge in [0, 0.05) is 5.56 Å². The minimum absolute atomic E-state index is 0.139. The molecule has 1 saturated heterocycles. The van der Waals surface area contributed by atoms with Gasteiger partial charge in [-0.3, -0.25) is 14.9 Å². The predicted octanol–water partition coefficient (Wildman–Crippen LogP) is 4.86. The van der Waals surface area contributed by atoms with Crippen LogP contribution in [-0.2, 0) is 16.2 Å². The molecular formula is C27H24N2O4. The van der Waals surface area contributed by atoms with Crippen LogP contribution in [0.4, 0.5) is 10.5 Å². The van der Waals surface area contributed by atoms with Crippen molar-refractivity contribution in [3.63, 3.8) is 0 Å². The van der Waals surface area contributed by atoms with Crippen LogP contribution in [-0.4, -0.2) is 17.8 Å². The van der Waals surface area contributed by atoms with E-state index in [1.807, 2.05) is 57.2 Å². The third kappa shape index (κ3) is 4.85. The Hall–Kier alpha value is -4.19. The molecule has 6 heteroatoms. The highest BCUT2D eigenvalue weighted by Crippen LogP contribution is 2.27. The molecule has 0 unspecified atom stereocenters. The van der Waals surface area contributed by atoms with Crippen molar-refractivity contribution in [2.24, 2.45) is 0 Å². The molecule has 0 atom stereocenters. The van der Waals surface area contributed by atoms with E-state index in [0.717, 1.165) is 27.2 Å². The number of urea groups is 1. The summed E-state index contributed by atoms with van der Waals surface area (Å²) in [6.45, 7) is 6.12. The van der Waals surface area contributed by atoms with Crippen LogP contribution in [0.15, 0.2) is 72.3 Å². The second-order valence-corrected chi connectivity index (χ2v) is 8.12. The molecule has 1 aliphatic rings. The molecule has 1 heterocycles. The number of barbiturate groups is 1. The highest BCUT2D eigenvalue weighted by atomic mass is 16.5. The maximum Gasteiger partial charge on any atom is 0.335 e. The fourth-order valence-electron chi connectivity index (χ4n) is 3.70. The van der Waals surface area contributed by atoms with Gasteiger partial charge in [0.2, 0.25) is 0 Å². The number of amides is 4. The van der Waals surface area contributed by atoms with Crippen molar-refractivity contribution >= 4 is 29.6 Å². The molecule has 1 N–H and O–H groups in total. The Kier molecular flexibility index (Phi) is 6.09. The smallest absolute Gasteiger partial charge is 0.335 e. The van der Waals surface area contributed by atoms with Crippen LogP contribution >= 0.6 is 0 Å². The third-order valence-corrected chi connectivity index (χ3v) is 5.30. The molecular weight excluding hydrogens is 416 g/mol. The Morgan fingerprint density at radius 3 is 2.21 bits per heavy atom. The van der Waals surface area contributed by atoms with Gasteiger partial charge in [0.05, 0.1) is 5.69 Å². The summed E-state index contributed by atoms with van der Waals surface area (Å²) in [4.78, 5) is 39.3. The number of ether oxygens (including phenoxy) is 1. The highest BCUT2D eigenvalue weighted by Gasteiger charge is 2.37. The zero-order valence-electron chi connectivity index (χ0n) is 18.7. The molecule has 33 heavy (non-hydrogen) atoms. The lowest BCUT2D eigenvalue weighted by atomic mass is 10.0. The molecule has 3 aromatic carbocycles. The van der Waals surface area contributed by atoms with Crippen LogP contribution < -0.4 is 15.0 Å². The summed E-state index contributed by atoms with van der Waals surface area (Å²) in [7, 11) is 0. The second-order valence-electron chi connectivity index (χ2n) is 8.12. The van der Waals surface area contributed by atoms with E-state index in [4.69, 9.17) is 4.74 Å². The van der Waals surface area contributed by atoms with Crippen molar-refractivity contribution < 1.29 is 19.1 Å². The van der Waals surface area contributed by atoms with E-state index < -0.39 is 17.8 Å². The first-order chi connectivity index (χ1) is 15.8. The number of nitrogens with one attached hydrogen (secondary N) is 1. The first kappa shape index (κ1) is 22.0. The Labute approximate surface area is 192 Å². The molecule has 4 amide bonds. The number of benzene rings is 3. The van der Waals surface area contributed by atoms with Gasteiger partial charge in [0.15, 0.2) is 0 Å². The minimum atomic E-state index is -0.768. The maximum absolute atomic E-state index is 13.2. The number of aryl methyl sites for hydroxylation is 3. The number of carbonyl (C=O) groups excluding carboxylic acids is 3. The topological polar surface area (TPSA) is 75.7 Å². The largest absolute Gasteiger partial charge is 0.488 e. The average molecular weight is 440 g/mol. The average Bonchev–Trinajstić information content (AvgIpc) is 2.76. The van der Waals surface area contributed by atoms with E-state index in [2.05, 4.69) is 5.32 Å². The fourth-order valence-corrected chi connectivity index (χ4v) is 3.70. The van der Waals surface area contributed by atoms with Gasteiger partial charge >= 0.3 is 6.03 Å². The van der Waals surface area contributed by atoms with Crippen LogP contribution in [0.3, 0.4) is 0 Å². The number of hydrogen-bond donors (Lipinski definition) is 1. The lowest BCUT2D eigenvalue weighted by Crippen LogP contribution is -2.54. The Balaban J connectivity index is 1.65. The number of rotatable bonds is 5. The summed E-state index contributed by atoms with van der Waals surface area (Å²) in [5, 5.41) is 2.27. The number of carbonyl (C=O) groups is 3. The van der Waals surface area contributed by atoms with Gasteiger partial charge in [-0.25, -0.2) is 9.69 Å². The van der Waals surface area contributed by atoms with Crippen molar-refractivity contribution in [3.8, 4) is 5.75 Å². The number of hydrogen-bond acceptors (Lipinski definition) is 4. The van der Waals surface area contributed by atoms with Crippen molar-refractivity contribution in [2.45, 2.75) is 27.4 Å². The van der Waals surface area contributed by atoms with Crippen molar-refractivity contribution in [1.29, 1.82) is 0 Å². The van der Waals surface area contributed by atoms with Gasteiger partial charge in [0.25, 0.3) is 11.8 Å². The summed E-state index contributed by atoms with van der Waals surface area (Å²) >= 11 is 0. The summed E-state index contributed by atoms with van der Waals surface area (Å²) in [6.07, 6.45) is 1.46. The third-order valence-electron chi connectivity index (χ3n) is 5.30. The molecule has 3 aromatic rings. The van der Waals surface area contributed by atoms with E-state index in [9.17, 15) is 14.4 Å². The van der Waals surface area contributed by atoms with Gasteiger partial charge < -0.3 is 4.74 Å². The number of nitrogens with zero attached hydrogens (tertiary/aromatic N) is 1. The number of anilines is 1. The van der Waals surface area contributed by atoms with Crippen LogP contribution in [0.25, 0.3) is 6.08 Å². The number of imide groups is 2. The molecule has 0 bridgehead atoms. The standard InChI is InChI=1S/C27H24N2O4/c1-17-8-10-20(11-9-17)16-33-24-7-5-4-6-21(24)15-23-25(30)28-27(32)29(26(23)31)22-13-18(2)12-19(3)14-22/h4-15H,16H2,1-3H3,(H,28,30,32)/b23-15+. The molecule has 1 fully saturated rings. The lowest BCUT2D eigenvalue weighted by Gasteiger charge is -2.27. The van der Waals surface area contributed by atoms with Crippen LogP contribution in [0, 0.1) is 20.8 Å². The van der Waals surface area contributed by atoms with Gasteiger partial charge in [-0.1, -0.05) is 54.1 Å². The summed E-state index contributed by atoms with van der Waals surface area (Å²) in [6, 6.07) is 19.8. The zero-order chi connectivity index (χ0) is 23.5. The van der Waals surface area contributed by atoms with E-state index >= 15 is 0 Å². The van der Waals surface area contributed by atoms with E-state index in [1.165, 1.54) is 6.08 Å². The Morgan fingerprint density at radius 2 is 1.52 bits per heavy atom. The van der Waals surface area contributed by atoms with Gasteiger partial charge in [-0.15, -0.1) is 0 Å². The van der Waals surface area contributed by atoms with Gasteiger partial charge in [-0.05, 0) is 61.7 Å². The monoisotopic (exact) mass is 440 g/mol. The Bertz CT molecular complexity index is 1260. The normalized spacial score (nSPS) is 15.1. The Morgan fingerprint density at radius 1 is 0.848 bits per heavy atom. The highest BCUT2D eigenvalue weighted by molar-refractivity contribution is 6.39. The van der Waals surface area contributed by atoms with Crippen molar-refractivity contribution in [1.82, 2.24) is 5.32 Å². The van der Waals surface area contributed by atoms with E-state index in [-0.39, 0.29) is 5.57 Å². The summed E-state index contributed by atoms with van der Waals surface area (Å²) in [5.41, 5.74) is 4.82. The first-order valence-electron chi connectivity index (χ1n) is 10.6. The molecule has 4 rings (SSSR count). The summed E-state index contributed by atoms with van der Waals surface area (Å²) < 4.78 is 5.97. The van der Waals surface area contributed by atoms with Crippen molar-refractivity contribution in [2.75, 3.05) is 4.90 Å². The lowest BCUT2D eigenvalue weighted by molar-refractivity contribution is -0.122. The first-order valence-corrected chi connectivity index (χ1v) is 10.6. The molecule has 0 radical (unpaired) electrons. The molecule has 6 nitrogen and oxygen atoms in total. The quantitative estimate of drug-likeness (QED) is 0.454.